The standard InChI is InChI=1S/C18H35N3/c1-2-9-19-18-5-3-4-17(18)8-10-20-11-13-21(14-12-20)15-16-6-7-16/h16-19H,2-15H2,1H3. The summed E-state index contributed by atoms with van der Waals surface area (Å²) < 4.78 is 0. The van der Waals surface area contributed by atoms with E-state index in [2.05, 4.69) is 22.0 Å². The number of hydrogen-bond acceptors (Lipinski definition) is 3. The van der Waals surface area contributed by atoms with E-state index in [1.807, 2.05) is 0 Å². The van der Waals surface area contributed by atoms with Gasteiger partial charge in [-0.15, -0.1) is 0 Å². The Labute approximate surface area is 131 Å². The summed E-state index contributed by atoms with van der Waals surface area (Å²) in [5.41, 5.74) is 0. The average molecular weight is 293 g/mol. The molecule has 1 N–H and O–H groups in total. The molecular formula is C18H35N3. The molecule has 0 spiro atoms. The highest BCUT2D eigenvalue weighted by Crippen LogP contribution is 2.30. The van der Waals surface area contributed by atoms with Crippen LogP contribution in [0, 0.1) is 11.8 Å². The summed E-state index contributed by atoms with van der Waals surface area (Å²) in [6, 6.07) is 0.820. The molecule has 3 rings (SSSR count). The van der Waals surface area contributed by atoms with Crippen molar-refractivity contribution in [3.8, 4) is 0 Å². The minimum Gasteiger partial charge on any atom is -0.314 e. The Morgan fingerprint density at radius 1 is 0.952 bits per heavy atom. The molecule has 2 saturated carbocycles. The molecule has 0 amide bonds. The smallest absolute Gasteiger partial charge is 0.0110 e. The van der Waals surface area contributed by atoms with Gasteiger partial charge in [0.25, 0.3) is 0 Å². The summed E-state index contributed by atoms with van der Waals surface area (Å²) in [5, 5.41) is 3.78. The summed E-state index contributed by atoms with van der Waals surface area (Å²) in [5.74, 6) is 2.00. The molecule has 21 heavy (non-hydrogen) atoms. The van der Waals surface area contributed by atoms with Crippen molar-refractivity contribution in [2.75, 3.05) is 45.8 Å². The predicted octanol–water partition coefficient (Wildman–Crippen LogP) is 2.57. The third-order valence-corrected chi connectivity index (χ3v) is 5.81. The van der Waals surface area contributed by atoms with Crippen molar-refractivity contribution in [3.05, 3.63) is 0 Å². The Morgan fingerprint density at radius 2 is 1.71 bits per heavy atom. The van der Waals surface area contributed by atoms with E-state index in [1.165, 1.54) is 90.8 Å². The van der Waals surface area contributed by atoms with Crippen molar-refractivity contribution >= 4 is 0 Å². The molecule has 0 radical (unpaired) electrons. The minimum atomic E-state index is 0.820. The Hall–Kier alpha value is -0.120. The van der Waals surface area contributed by atoms with Crippen molar-refractivity contribution in [3.63, 3.8) is 0 Å². The summed E-state index contributed by atoms with van der Waals surface area (Å²) in [6.45, 7) is 11.5. The van der Waals surface area contributed by atoms with Gasteiger partial charge in [0.15, 0.2) is 0 Å². The fourth-order valence-electron chi connectivity index (χ4n) is 4.19. The fraction of sp³-hybridized carbons (Fsp3) is 1.00. The topological polar surface area (TPSA) is 18.5 Å². The van der Waals surface area contributed by atoms with Crippen LogP contribution in [0.1, 0.15) is 51.9 Å². The number of nitrogens with zero attached hydrogens (tertiary/aromatic N) is 2. The molecule has 1 aliphatic heterocycles. The number of rotatable bonds is 8. The van der Waals surface area contributed by atoms with Gasteiger partial charge in [-0.2, -0.15) is 0 Å². The number of hydrogen-bond donors (Lipinski definition) is 1. The van der Waals surface area contributed by atoms with Gasteiger partial charge in [-0.25, -0.2) is 0 Å². The van der Waals surface area contributed by atoms with Gasteiger partial charge in [0.2, 0.25) is 0 Å². The fourth-order valence-corrected chi connectivity index (χ4v) is 4.19. The van der Waals surface area contributed by atoms with Gasteiger partial charge in [-0.1, -0.05) is 13.3 Å². The van der Waals surface area contributed by atoms with Crippen molar-refractivity contribution in [2.24, 2.45) is 11.8 Å². The minimum absolute atomic E-state index is 0.820. The van der Waals surface area contributed by atoms with Gasteiger partial charge < -0.3 is 15.1 Å². The lowest BCUT2D eigenvalue weighted by atomic mass is 9.99. The largest absolute Gasteiger partial charge is 0.314 e. The molecule has 3 aliphatic rings. The van der Waals surface area contributed by atoms with E-state index in [1.54, 1.807) is 0 Å². The molecule has 2 unspecified atom stereocenters. The van der Waals surface area contributed by atoms with Crippen LogP contribution in [0.4, 0.5) is 0 Å². The van der Waals surface area contributed by atoms with E-state index in [4.69, 9.17) is 0 Å². The van der Waals surface area contributed by atoms with Gasteiger partial charge in [-0.05, 0) is 63.5 Å². The summed E-state index contributed by atoms with van der Waals surface area (Å²) in [7, 11) is 0. The SMILES string of the molecule is CCCNC1CCCC1CCN1CCN(CC2CC2)CC1. The quantitative estimate of drug-likeness (QED) is 0.742. The van der Waals surface area contributed by atoms with Crippen LogP contribution in [0.25, 0.3) is 0 Å². The third kappa shape index (κ3) is 4.94. The van der Waals surface area contributed by atoms with E-state index in [0.717, 1.165) is 17.9 Å². The second-order valence-electron chi connectivity index (χ2n) is 7.63. The molecule has 2 atom stereocenters. The highest BCUT2D eigenvalue weighted by atomic mass is 15.3. The molecule has 3 nitrogen and oxygen atoms in total. The number of piperazine rings is 1. The molecule has 122 valence electrons. The van der Waals surface area contributed by atoms with Crippen molar-refractivity contribution in [2.45, 2.75) is 57.9 Å². The maximum absolute atomic E-state index is 3.78. The van der Waals surface area contributed by atoms with Gasteiger partial charge in [0.05, 0.1) is 0 Å². The van der Waals surface area contributed by atoms with Crippen molar-refractivity contribution in [1.29, 1.82) is 0 Å². The normalized spacial score (nSPS) is 31.9. The Bertz CT molecular complexity index is 295. The van der Waals surface area contributed by atoms with E-state index in [-0.39, 0.29) is 0 Å². The molecule has 0 bridgehead atoms. The van der Waals surface area contributed by atoms with Crippen molar-refractivity contribution < 1.29 is 0 Å². The average Bonchev–Trinajstić information content (AvgIpc) is 3.21. The lowest BCUT2D eigenvalue weighted by molar-refractivity contribution is 0.121. The first kappa shape index (κ1) is 15.8. The molecule has 0 aromatic carbocycles. The summed E-state index contributed by atoms with van der Waals surface area (Å²) >= 11 is 0. The van der Waals surface area contributed by atoms with Gasteiger partial charge in [0.1, 0.15) is 0 Å². The van der Waals surface area contributed by atoms with E-state index in [9.17, 15) is 0 Å². The first-order chi connectivity index (χ1) is 10.3. The Kier molecular flexibility index (Phi) is 5.96. The van der Waals surface area contributed by atoms with Crippen molar-refractivity contribution in [1.82, 2.24) is 15.1 Å². The third-order valence-electron chi connectivity index (χ3n) is 5.81. The van der Waals surface area contributed by atoms with E-state index < -0.39 is 0 Å². The Balaban J connectivity index is 1.31. The molecule has 3 heteroatoms. The van der Waals surface area contributed by atoms with Crippen LogP contribution in [-0.2, 0) is 0 Å². The summed E-state index contributed by atoms with van der Waals surface area (Å²) in [6.07, 6.45) is 10.0. The first-order valence-electron chi connectivity index (χ1n) is 9.53. The van der Waals surface area contributed by atoms with Gasteiger partial charge >= 0.3 is 0 Å². The van der Waals surface area contributed by atoms with Gasteiger partial charge in [0, 0.05) is 38.8 Å². The van der Waals surface area contributed by atoms with E-state index in [0.29, 0.717) is 0 Å². The van der Waals surface area contributed by atoms with E-state index >= 15 is 0 Å². The van der Waals surface area contributed by atoms with Crippen LogP contribution < -0.4 is 5.32 Å². The predicted molar refractivity (Wildman–Crippen MR) is 89.6 cm³/mol. The van der Waals surface area contributed by atoms with Crippen LogP contribution in [0.3, 0.4) is 0 Å². The zero-order chi connectivity index (χ0) is 14.5. The molecule has 1 saturated heterocycles. The second-order valence-corrected chi connectivity index (χ2v) is 7.63. The zero-order valence-corrected chi connectivity index (χ0v) is 14.0. The number of nitrogens with one attached hydrogen (secondary N) is 1. The molecular weight excluding hydrogens is 258 g/mol. The second kappa shape index (κ2) is 7.94. The Morgan fingerprint density at radius 3 is 2.43 bits per heavy atom. The molecule has 0 aromatic rings. The lowest BCUT2D eigenvalue weighted by Crippen LogP contribution is -2.47. The molecule has 2 aliphatic carbocycles. The highest BCUT2D eigenvalue weighted by Gasteiger charge is 2.28. The molecule has 0 aromatic heterocycles. The molecule has 3 fully saturated rings. The maximum Gasteiger partial charge on any atom is 0.0110 e. The first-order valence-corrected chi connectivity index (χ1v) is 9.53. The van der Waals surface area contributed by atoms with Crippen LogP contribution in [0.2, 0.25) is 0 Å². The maximum atomic E-state index is 3.78. The van der Waals surface area contributed by atoms with Crippen LogP contribution in [-0.4, -0.2) is 61.7 Å². The lowest BCUT2D eigenvalue weighted by Gasteiger charge is -2.35. The highest BCUT2D eigenvalue weighted by molar-refractivity contribution is 4.85. The van der Waals surface area contributed by atoms with Crippen LogP contribution in [0.15, 0.2) is 0 Å². The zero-order valence-electron chi connectivity index (χ0n) is 14.0. The van der Waals surface area contributed by atoms with Crippen LogP contribution in [0.5, 0.6) is 0 Å². The molecule has 1 heterocycles. The summed E-state index contributed by atoms with van der Waals surface area (Å²) in [4.78, 5) is 5.42. The van der Waals surface area contributed by atoms with Gasteiger partial charge in [-0.3, -0.25) is 0 Å². The van der Waals surface area contributed by atoms with Crippen LogP contribution >= 0.6 is 0 Å². The monoisotopic (exact) mass is 293 g/mol.